The van der Waals surface area contributed by atoms with Crippen LogP contribution in [-0.2, 0) is 0 Å². The maximum Gasteiger partial charge on any atom is 0.150 e. The highest BCUT2D eigenvalue weighted by Gasteiger charge is 2.22. The Hall–Kier alpha value is -0.710. The van der Waals surface area contributed by atoms with Gasteiger partial charge < -0.3 is 10.1 Å². The lowest BCUT2D eigenvalue weighted by Gasteiger charge is -2.26. The highest BCUT2D eigenvalue weighted by molar-refractivity contribution is 9.11. The highest BCUT2D eigenvalue weighted by Crippen LogP contribution is 2.38. The van der Waals surface area contributed by atoms with Gasteiger partial charge in [-0.3, -0.25) is 0 Å². The molecule has 1 N–H and O–H groups in total. The van der Waals surface area contributed by atoms with E-state index in [1.54, 1.807) is 11.3 Å². The zero-order valence-electron chi connectivity index (χ0n) is 8.74. The fourth-order valence-corrected chi connectivity index (χ4v) is 3.41. The predicted molar refractivity (Wildman–Crippen MR) is 75.3 cm³/mol. The fourth-order valence-electron chi connectivity index (χ4n) is 1.80. The molecule has 17 heavy (non-hydrogen) atoms. The molecule has 1 aromatic carbocycles. The van der Waals surface area contributed by atoms with Gasteiger partial charge in [-0.25, -0.2) is 0 Å². The second-order valence-corrected chi connectivity index (χ2v) is 6.70. The van der Waals surface area contributed by atoms with E-state index in [1.165, 1.54) is 4.88 Å². The van der Waals surface area contributed by atoms with Gasteiger partial charge in [0.15, 0.2) is 6.10 Å². The third-order valence-corrected chi connectivity index (χ3v) is 4.55. The summed E-state index contributed by atoms with van der Waals surface area (Å²) in [4.78, 5) is 1.20. The number of benzene rings is 1. The Morgan fingerprint density at radius 3 is 3.00 bits per heavy atom. The second-order valence-electron chi connectivity index (χ2n) is 3.77. The Kier molecular flexibility index (Phi) is 3.03. The minimum absolute atomic E-state index is 0.0530. The molecule has 0 radical (unpaired) electrons. The van der Waals surface area contributed by atoms with Gasteiger partial charge in [-0.1, -0.05) is 11.6 Å². The van der Waals surface area contributed by atoms with Crippen LogP contribution in [0.3, 0.4) is 0 Å². The van der Waals surface area contributed by atoms with Gasteiger partial charge >= 0.3 is 0 Å². The highest BCUT2D eigenvalue weighted by atomic mass is 79.9. The molecule has 1 aliphatic rings. The van der Waals surface area contributed by atoms with Crippen molar-refractivity contribution in [2.45, 2.75) is 6.10 Å². The summed E-state index contributed by atoms with van der Waals surface area (Å²) in [5.74, 6) is 0.818. The largest absolute Gasteiger partial charge is 0.481 e. The fraction of sp³-hybridized carbons (Fsp3) is 0.167. The van der Waals surface area contributed by atoms with Crippen LogP contribution in [0.2, 0.25) is 5.02 Å². The van der Waals surface area contributed by atoms with Crippen molar-refractivity contribution in [2.24, 2.45) is 0 Å². The number of anilines is 1. The van der Waals surface area contributed by atoms with Crippen molar-refractivity contribution >= 4 is 44.6 Å². The first kappa shape index (κ1) is 11.4. The van der Waals surface area contributed by atoms with Crippen molar-refractivity contribution in [1.82, 2.24) is 0 Å². The van der Waals surface area contributed by atoms with Crippen LogP contribution in [0.15, 0.2) is 34.1 Å². The monoisotopic (exact) mass is 329 g/mol. The lowest BCUT2D eigenvalue weighted by molar-refractivity contribution is 0.214. The van der Waals surface area contributed by atoms with Gasteiger partial charge in [-0.05, 0) is 40.2 Å². The molecule has 0 amide bonds. The van der Waals surface area contributed by atoms with Gasteiger partial charge in [0.25, 0.3) is 0 Å². The van der Waals surface area contributed by atoms with E-state index >= 15 is 0 Å². The van der Waals surface area contributed by atoms with E-state index in [0.717, 1.165) is 21.8 Å². The zero-order valence-corrected chi connectivity index (χ0v) is 11.9. The van der Waals surface area contributed by atoms with Gasteiger partial charge in [0.1, 0.15) is 5.75 Å². The summed E-state index contributed by atoms with van der Waals surface area (Å²) in [7, 11) is 0. The van der Waals surface area contributed by atoms with Gasteiger partial charge in [0, 0.05) is 16.0 Å². The van der Waals surface area contributed by atoms with Crippen LogP contribution in [-0.4, -0.2) is 6.54 Å². The van der Waals surface area contributed by atoms with Gasteiger partial charge in [-0.2, -0.15) is 0 Å². The topological polar surface area (TPSA) is 21.3 Å². The van der Waals surface area contributed by atoms with E-state index in [1.807, 2.05) is 24.3 Å². The molecular weight excluding hydrogens is 322 g/mol. The summed E-state index contributed by atoms with van der Waals surface area (Å²) in [5, 5.41) is 4.05. The van der Waals surface area contributed by atoms with Crippen LogP contribution in [0.1, 0.15) is 11.0 Å². The number of halogens is 2. The molecule has 2 nitrogen and oxygen atoms in total. The second kappa shape index (κ2) is 4.52. The summed E-state index contributed by atoms with van der Waals surface area (Å²) < 4.78 is 7.07. The Balaban J connectivity index is 1.89. The number of hydrogen-bond donors (Lipinski definition) is 1. The standard InChI is InChI=1S/C12H9BrClNOS/c13-12-4-3-11(17-12)10-6-15-8-2-1-7(14)5-9(8)16-10/h1-5,10,15H,6H2. The first-order valence-electron chi connectivity index (χ1n) is 5.18. The minimum atomic E-state index is 0.0530. The number of thiophene rings is 1. The van der Waals surface area contributed by atoms with Crippen molar-refractivity contribution in [1.29, 1.82) is 0 Å². The maximum atomic E-state index is 5.96. The van der Waals surface area contributed by atoms with E-state index < -0.39 is 0 Å². The molecule has 0 bridgehead atoms. The van der Waals surface area contributed by atoms with Crippen molar-refractivity contribution < 1.29 is 4.74 Å². The third kappa shape index (κ3) is 2.30. The lowest BCUT2D eigenvalue weighted by Crippen LogP contribution is -2.22. The average Bonchev–Trinajstić information content (AvgIpc) is 2.75. The normalized spacial score (nSPS) is 18.1. The summed E-state index contributed by atoms with van der Waals surface area (Å²) in [5.41, 5.74) is 1.00. The summed E-state index contributed by atoms with van der Waals surface area (Å²) >= 11 is 11.1. The summed E-state index contributed by atoms with van der Waals surface area (Å²) in [6.07, 6.45) is 0.0530. The zero-order chi connectivity index (χ0) is 11.8. The molecule has 1 aromatic heterocycles. The van der Waals surface area contributed by atoms with Crippen LogP contribution in [0.25, 0.3) is 0 Å². The van der Waals surface area contributed by atoms with Crippen LogP contribution in [0, 0.1) is 0 Å². The van der Waals surface area contributed by atoms with Crippen LogP contribution < -0.4 is 10.1 Å². The van der Waals surface area contributed by atoms with Crippen LogP contribution in [0.5, 0.6) is 5.75 Å². The molecule has 2 heterocycles. The van der Waals surface area contributed by atoms with E-state index in [4.69, 9.17) is 16.3 Å². The molecule has 5 heteroatoms. The first-order chi connectivity index (χ1) is 8.22. The van der Waals surface area contributed by atoms with E-state index in [2.05, 4.69) is 27.3 Å². The van der Waals surface area contributed by atoms with Gasteiger partial charge in [-0.15, -0.1) is 11.3 Å². The van der Waals surface area contributed by atoms with E-state index in [0.29, 0.717) is 5.02 Å². The number of rotatable bonds is 1. The molecule has 1 atom stereocenters. The van der Waals surface area contributed by atoms with Crippen LogP contribution in [0.4, 0.5) is 5.69 Å². The van der Waals surface area contributed by atoms with Crippen molar-refractivity contribution in [2.75, 3.05) is 11.9 Å². The lowest BCUT2D eigenvalue weighted by atomic mass is 10.2. The minimum Gasteiger partial charge on any atom is -0.481 e. The molecule has 0 saturated carbocycles. The van der Waals surface area contributed by atoms with Crippen molar-refractivity contribution in [3.63, 3.8) is 0 Å². The first-order valence-corrected chi connectivity index (χ1v) is 7.16. The Morgan fingerprint density at radius 1 is 1.35 bits per heavy atom. The Labute approximate surface area is 117 Å². The smallest absolute Gasteiger partial charge is 0.150 e. The number of hydrogen-bond acceptors (Lipinski definition) is 3. The third-order valence-electron chi connectivity index (χ3n) is 2.60. The Morgan fingerprint density at radius 2 is 2.24 bits per heavy atom. The summed E-state index contributed by atoms with van der Waals surface area (Å²) in [6, 6.07) is 9.77. The number of nitrogens with one attached hydrogen (secondary N) is 1. The Bertz CT molecular complexity index is 557. The molecule has 2 aromatic rings. The van der Waals surface area contributed by atoms with Crippen molar-refractivity contribution in [3.8, 4) is 5.75 Å². The van der Waals surface area contributed by atoms with E-state index in [9.17, 15) is 0 Å². The molecule has 3 rings (SSSR count). The SMILES string of the molecule is Clc1ccc2c(c1)OC(c1ccc(Br)s1)CN2. The van der Waals surface area contributed by atoms with Crippen molar-refractivity contribution in [3.05, 3.63) is 44.0 Å². The quantitative estimate of drug-likeness (QED) is 0.817. The molecule has 1 aliphatic heterocycles. The number of fused-ring (bicyclic) bond motifs is 1. The molecular formula is C12H9BrClNOS. The molecule has 0 fully saturated rings. The van der Waals surface area contributed by atoms with Gasteiger partial charge in [0.2, 0.25) is 0 Å². The van der Waals surface area contributed by atoms with E-state index in [-0.39, 0.29) is 6.10 Å². The molecule has 0 aliphatic carbocycles. The molecule has 88 valence electrons. The molecule has 1 unspecified atom stereocenters. The molecule has 0 spiro atoms. The number of ether oxygens (including phenoxy) is 1. The van der Waals surface area contributed by atoms with Gasteiger partial charge in [0.05, 0.1) is 16.0 Å². The predicted octanol–water partition coefficient (Wildman–Crippen LogP) is 4.71. The van der Waals surface area contributed by atoms with Crippen LogP contribution >= 0.6 is 38.9 Å². The summed E-state index contributed by atoms with van der Waals surface area (Å²) in [6.45, 7) is 0.779. The average molecular weight is 331 g/mol. The molecule has 0 saturated heterocycles. The maximum absolute atomic E-state index is 5.96.